The topological polar surface area (TPSA) is 102 Å². The van der Waals surface area contributed by atoms with Crippen LogP contribution in [0.1, 0.15) is 32.3 Å². The molecule has 0 aliphatic carbocycles. The van der Waals surface area contributed by atoms with Crippen LogP contribution in [0, 0.1) is 11.3 Å². The van der Waals surface area contributed by atoms with Gasteiger partial charge in [0.05, 0.1) is 35.7 Å². The molecule has 5 rings (SSSR count). The first kappa shape index (κ1) is 23.5. The summed E-state index contributed by atoms with van der Waals surface area (Å²) in [6.45, 7) is 8.67. The number of fused-ring (bicyclic) bond motifs is 1. The van der Waals surface area contributed by atoms with Crippen molar-refractivity contribution in [1.29, 1.82) is 5.26 Å². The van der Waals surface area contributed by atoms with E-state index in [2.05, 4.69) is 38.4 Å². The Bertz CT molecular complexity index is 1230. The van der Waals surface area contributed by atoms with Gasteiger partial charge in [-0.3, -0.25) is 4.90 Å². The molecule has 9 nitrogen and oxygen atoms in total. The Kier molecular flexibility index (Phi) is 6.13. The van der Waals surface area contributed by atoms with E-state index >= 15 is 0 Å². The molecule has 5 heterocycles. The zero-order valence-electron chi connectivity index (χ0n) is 20.7. The summed E-state index contributed by atoms with van der Waals surface area (Å²) in [6, 6.07) is 8.31. The third-order valence-corrected chi connectivity index (χ3v) is 7.31. The van der Waals surface area contributed by atoms with Gasteiger partial charge in [-0.1, -0.05) is 0 Å². The maximum absolute atomic E-state index is 10.1. The minimum absolute atomic E-state index is 0.0635. The highest BCUT2D eigenvalue weighted by molar-refractivity contribution is 5.85. The Labute approximate surface area is 205 Å². The average molecular weight is 476 g/mol. The molecule has 0 unspecified atom stereocenters. The highest BCUT2D eigenvalue weighted by Crippen LogP contribution is 2.33. The fourth-order valence-electron chi connectivity index (χ4n) is 5.48. The zero-order chi connectivity index (χ0) is 24.6. The molecule has 2 aliphatic heterocycles. The van der Waals surface area contributed by atoms with Gasteiger partial charge < -0.3 is 20.1 Å². The smallest absolute Gasteiger partial charge is 0.138 e. The number of hydrogen-bond donors (Lipinski definition) is 2. The Balaban J connectivity index is 1.33. The summed E-state index contributed by atoms with van der Waals surface area (Å²) in [7, 11) is 2.05. The van der Waals surface area contributed by atoms with Crippen LogP contribution in [-0.4, -0.2) is 82.1 Å². The van der Waals surface area contributed by atoms with Crippen LogP contribution in [0.3, 0.4) is 0 Å². The van der Waals surface area contributed by atoms with Crippen molar-refractivity contribution in [3.05, 3.63) is 42.4 Å². The summed E-state index contributed by atoms with van der Waals surface area (Å²) in [6.07, 6.45) is 7.29. The number of ether oxygens (including phenoxy) is 1. The van der Waals surface area contributed by atoms with Crippen molar-refractivity contribution in [1.82, 2.24) is 24.8 Å². The second-order valence-corrected chi connectivity index (χ2v) is 10.1. The Hall–Kier alpha value is -3.19. The van der Waals surface area contributed by atoms with Gasteiger partial charge in [0.1, 0.15) is 17.6 Å². The summed E-state index contributed by atoms with van der Waals surface area (Å²) in [5.74, 6) is 1.66. The van der Waals surface area contributed by atoms with Gasteiger partial charge in [-0.25, -0.2) is 9.50 Å². The van der Waals surface area contributed by atoms with Crippen LogP contribution in [0.2, 0.25) is 0 Å². The molecule has 2 saturated heterocycles. The number of β-amino-alcohol motifs (C(OH)–C–C–N with tert-alkyl or cyclic N) is 1. The van der Waals surface area contributed by atoms with E-state index in [-0.39, 0.29) is 5.54 Å². The predicted molar refractivity (Wildman–Crippen MR) is 135 cm³/mol. The van der Waals surface area contributed by atoms with Crippen LogP contribution in [0.5, 0.6) is 5.75 Å². The van der Waals surface area contributed by atoms with Crippen molar-refractivity contribution < 1.29 is 9.84 Å². The number of anilines is 1. The van der Waals surface area contributed by atoms with Gasteiger partial charge in [-0.2, -0.15) is 10.4 Å². The summed E-state index contributed by atoms with van der Waals surface area (Å²) >= 11 is 0. The highest BCUT2D eigenvalue weighted by Gasteiger charge is 2.42. The minimum Gasteiger partial charge on any atom is -0.492 e. The number of likely N-dealkylation sites (N-methyl/N-ethyl adjacent to an activating group) is 1. The van der Waals surface area contributed by atoms with Crippen LogP contribution in [0.25, 0.3) is 16.6 Å². The van der Waals surface area contributed by atoms with Gasteiger partial charge >= 0.3 is 0 Å². The van der Waals surface area contributed by atoms with Gasteiger partial charge in [-0.15, -0.1) is 0 Å². The molecule has 3 aromatic rings. The number of aliphatic hydroxyl groups is 1. The van der Waals surface area contributed by atoms with Gasteiger partial charge in [0.2, 0.25) is 0 Å². The van der Waals surface area contributed by atoms with Crippen molar-refractivity contribution in [2.75, 3.05) is 51.3 Å². The lowest BCUT2D eigenvalue weighted by atomic mass is 9.84. The van der Waals surface area contributed by atoms with Crippen LogP contribution in [0.4, 0.5) is 5.82 Å². The summed E-state index contributed by atoms with van der Waals surface area (Å²) in [5, 5.41) is 27.5. The molecule has 0 bridgehead atoms. The molecule has 2 N–H and O–H groups in total. The number of rotatable bonds is 7. The number of nitriles is 1. The van der Waals surface area contributed by atoms with Gasteiger partial charge in [0.15, 0.2) is 0 Å². The molecule has 0 amide bonds. The fourth-order valence-corrected chi connectivity index (χ4v) is 5.48. The molecule has 0 aromatic carbocycles. The molecule has 0 radical (unpaired) electrons. The summed E-state index contributed by atoms with van der Waals surface area (Å²) < 4.78 is 7.42. The van der Waals surface area contributed by atoms with Gasteiger partial charge in [0.25, 0.3) is 0 Å². The van der Waals surface area contributed by atoms with E-state index in [1.54, 1.807) is 16.9 Å². The third kappa shape index (κ3) is 4.57. The Morgan fingerprint density at radius 1 is 1.23 bits per heavy atom. The highest BCUT2D eigenvalue weighted by atomic mass is 16.5. The largest absolute Gasteiger partial charge is 0.492 e. The molecule has 2 aliphatic rings. The second kappa shape index (κ2) is 9.11. The first-order chi connectivity index (χ1) is 16.8. The minimum atomic E-state index is -0.542. The van der Waals surface area contributed by atoms with E-state index in [1.807, 2.05) is 33.2 Å². The number of aromatic nitrogens is 3. The molecular formula is C26H33N7O2. The monoisotopic (exact) mass is 475 g/mol. The van der Waals surface area contributed by atoms with Gasteiger partial charge in [0, 0.05) is 55.6 Å². The van der Waals surface area contributed by atoms with Crippen molar-refractivity contribution in [3.8, 4) is 22.9 Å². The number of piperidine rings is 1. The second-order valence-electron chi connectivity index (χ2n) is 10.1. The van der Waals surface area contributed by atoms with E-state index in [1.165, 1.54) is 0 Å². The molecule has 0 saturated carbocycles. The maximum Gasteiger partial charge on any atom is 0.138 e. The number of nitrogens with zero attached hydrogens (tertiary/aromatic N) is 6. The molecule has 0 atom stereocenters. The first-order valence-electron chi connectivity index (χ1n) is 12.2. The molecule has 9 heteroatoms. The van der Waals surface area contributed by atoms with E-state index in [0.717, 1.165) is 68.0 Å². The molecule has 35 heavy (non-hydrogen) atoms. The third-order valence-electron chi connectivity index (χ3n) is 7.31. The molecule has 0 spiro atoms. The van der Waals surface area contributed by atoms with Crippen LogP contribution < -0.4 is 15.0 Å². The van der Waals surface area contributed by atoms with Crippen molar-refractivity contribution >= 4 is 11.3 Å². The van der Waals surface area contributed by atoms with Gasteiger partial charge in [-0.05, 0) is 51.9 Å². The number of pyridine rings is 2. The summed E-state index contributed by atoms with van der Waals surface area (Å²) in [4.78, 5) is 9.46. The van der Waals surface area contributed by atoms with E-state index in [4.69, 9.17) is 9.72 Å². The lowest BCUT2D eigenvalue weighted by molar-refractivity contribution is -0.0934. The van der Waals surface area contributed by atoms with Crippen LogP contribution in [-0.2, 0) is 0 Å². The number of hydrogen-bond acceptors (Lipinski definition) is 8. The number of nitrogens with one attached hydrogen (secondary N) is 1. The van der Waals surface area contributed by atoms with E-state index in [0.29, 0.717) is 17.9 Å². The summed E-state index contributed by atoms with van der Waals surface area (Å²) in [5.41, 5.74) is 2.60. The fraction of sp³-hybridized carbons (Fsp3) is 0.500. The lowest BCUT2D eigenvalue weighted by Gasteiger charge is -2.51. The van der Waals surface area contributed by atoms with E-state index < -0.39 is 5.60 Å². The zero-order valence-corrected chi connectivity index (χ0v) is 20.7. The molecule has 2 fully saturated rings. The molecule has 3 aromatic heterocycles. The lowest BCUT2D eigenvalue weighted by Crippen LogP contribution is -2.66. The first-order valence-corrected chi connectivity index (χ1v) is 12.2. The maximum atomic E-state index is 10.1. The standard InChI is InChI=1S/C26H33N7O2/c1-4-35-21-11-22(24-20(12-27)14-30-33(24)15-21)19-5-6-23(29-13-19)32-9-7-26(28-3,8-10-32)18-31-16-25(2,34)17-31/h5-6,11,13-15,28,34H,4,7-10,16-18H2,1-3H3. The Morgan fingerprint density at radius 3 is 2.60 bits per heavy atom. The van der Waals surface area contributed by atoms with E-state index in [9.17, 15) is 10.4 Å². The van der Waals surface area contributed by atoms with Crippen molar-refractivity contribution in [2.24, 2.45) is 0 Å². The van der Waals surface area contributed by atoms with Crippen LogP contribution >= 0.6 is 0 Å². The number of likely N-dealkylation sites (tertiary alicyclic amines) is 1. The average Bonchev–Trinajstić information content (AvgIpc) is 3.26. The molecular weight excluding hydrogens is 442 g/mol. The van der Waals surface area contributed by atoms with Crippen molar-refractivity contribution in [3.63, 3.8) is 0 Å². The molecule has 184 valence electrons. The predicted octanol–water partition coefficient (Wildman–Crippen LogP) is 2.29. The normalized spacial score (nSPS) is 19.3. The quantitative estimate of drug-likeness (QED) is 0.537. The van der Waals surface area contributed by atoms with Crippen LogP contribution in [0.15, 0.2) is 36.8 Å². The Morgan fingerprint density at radius 2 is 2.00 bits per heavy atom. The van der Waals surface area contributed by atoms with Crippen molar-refractivity contribution in [2.45, 2.75) is 37.8 Å². The SMILES string of the molecule is CCOc1cc(-c2ccc(N3CCC(CN4CC(C)(O)C4)(NC)CC3)nc2)c2c(C#N)cnn2c1.